The second-order valence-electron chi connectivity index (χ2n) is 2.94. The van der Waals surface area contributed by atoms with Crippen LogP contribution in [0.4, 0.5) is 5.69 Å². The molecule has 0 radical (unpaired) electrons. The molecule has 12 heavy (non-hydrogen) atoms. The number of nitrogen functional groups attached to an aromatic ring is 1. The highest BCUT2D eigenvalue weighted by Crippen LogP contribution is 2.17. The molecule has 1 atom stereocenters. The lowest BCUT2D eigenvalue weighted by atomic mass is 9.95. The number of rotatable bonds is 1. The van der Waals surface area contributed by atoms with Crippen LogP contribution >= 0.6 is 0 Å². The number of nitriles is 1. The third kappa shape index (κ3) is 1.55. The number of nitrogens with zero attached hydrogens (tertiary/aromatic N) is 1. The van der Waals surface area contributed by atoms with Crippen LogP contribution in [-0.4, -0.2) is 0 Å². The molecule has 0 heterocycles. The largest absolute Gasteiger partial charge is 0.399 e. The highest BCUT2D eigenvalue weighted by Gasteiger charge is 2.19. The highest BCUT2D eigenvalue weighted by molar-refractivity contribution is 5.42. The van der Waals surface area contributed by atoms with Crippen molar-refractivity contribution in [3.63, 3.8) is 0 Å². The van der Waals surface area contributed by atoms with Crippen molar-refractivity contribution in [3.8, 4) is 6.07 Å². The van der Waals surface area contributed by atoms with Crippen molar-refractivity contribution >= 4 is 5.69 Å². The van der Waals surface area contributed by atoms with Crippen LogP contribution in [0, 0.1) is 11.3 Å². The average molecular weight is 161 g/mol. The van der Waals surface area contributed by atoms with E-state index < -0.39 is 5.54 Å². The van der Waals surface area contributed by atoms with Gasteiger partial charge in [-0.2, -0.15) is 5.26 Å². The van der Waals surface area contributed by atoms with E-state index in [-0.39, 0.29) is 0 Å². The van der Waals surface area contributed by atoms with E-state index in [1.807, 2.05) is 6.07 Å². The van der Waals surface area contributed by atoms with Gasteiger partial charge in [-0.15, -0.1) is 0 Å². The Morgan fingerprint density at radius 2 is 1.83 bits per heavy atom. The van der Waals surface area contributed by atoms with Crippen molar-refractivity contribution in [2.45, 2.75) is 12.5 Å². The minimum Gasteiger partial charge on any atom is -0.399 e. The lowest BCUT2D eigenvalue weighted by Crippen LogP contribution is -2.30. The number of nitrogens with two attached hydrogens (primary N) is 2. The molecule has 0 aliphatic carbocycles. The van der Waals surface area contributed by atoms with Crippen LogP contribution in [0.1, 0.15) is 12.5 Å². The van der Waals surface area contributed by atoms with Gasteiger partial charge in [-0.05, 0) is 24.6 Å². The van der Waals surface area contributed by atoms with Crippen LogP contribution in [0.15, 0.2) is 24.3 Å². The SMILES string of the molecule is CC(N)(C#N)c1ccc(N)cc1. The van der Waals surface area contributed by atoms with Crippen molar-refractivity contribution in [2.75, 3.05) is 5.73 Å². The van der Waals surface area contributed by atoms with Gasteiger partial charge in [0.15, 0.2) is 0 Å². The van der Waals surface area contributed by atoms with Crippen LogP contribution in [0.2, 0.25) is 0 Å². The van der Waals surface area contributed by atoms with Gasteiger partial charge in [0.2, 0.25) is 0 Å². The molecule has 3 nitrogen and oxygen atoms in total. The van der Waals surface area contributed by atoms with Crippen LogP contribution in [0.5, 0.6) is 0 Å². The van der Waals surface area contributed by atoms with Gasteiger partial charge in [-0.3, -0.25) is 0 Å². The van der Waals surface area contributed by atoms with Gasteiger partial charge >= 0.3 is 0 Å². The normalized spacial score (nSPS) is 14.8. The zero-order valence-corrected chi connectivity index (χ0v) is 6.91. The molecule has 0 spiro atoms. The van der Waals surface area contributed by atoms with Crippen LogP contribution in [0.25, 0.3) is 0 Å². The molecule has 0 aromatic heterocycles. The Morgan fingerprint density at radius 1 is 1.33 bits per heavy atom. The second kappa shape index (κ2) is 2.84. The van der Waals surface area contributed by atoms with E-state index in [0.29, 0.717) is 5.69 Å². The Morgan fingerprint density at radius 3 is 2.25 bits per heavy atom. The molecule has 1 rings (SSSR count). The molecule has 0 saturated heterocycles. The fourth-order valence-corrected chi connectivity index (χ4v) is 0.894. The summed E-state index contributed by atoms with van der Waals surface area (Å²) in [5.74, 6) is 0. The first-order chi connectivity index (χ1) is 5.56. The smallest absolute Gasteiger partial charge is 0.126 e. The maximum atomic E-state index is 8.71. The summed E-state index contributed by atoms with van der Waals surface area (Å²) in [5.41, 5.74) is 11.7. The third-order valence-corrected chi connectivity index (χ3v) is 1.74. The highest BCUT2D eigenvalue weighted by atomic mass is 14.7. The molecular formula is C9H11N3. The summed E-state index contributed by atoms with van der Waals surface area (Å²) < 4.78 is 0. The number of hydrogen-bond acceptors (Lipinski definition) is 3. The molecule has 1 aromatic carbocycles. The van der Waals surface area contributed by atoms with Crippen LogP contribution in [-0.2, 0) is 5.54 Å². The zero-order chi connectivity index (χ0) is 9.19. The van der Waals surface area contributed by atoms with Gasteiger partial charge in [-0.1, -0.05) is 12.1 Å². The summed E-state index contributed by atoms with van der Waals surface area (Å²) in [6, 6.07) is 9.01. The Bertz CT molecular complexity index is 306. The molecule has 0 aliphatic rings. The van der Waals surface area contributed by atoms with E-state index in [2.05, 4.69) is 0 Å². The lowest BCUT2D eigenvalue weighted by molar-refractivity contribution is 0.647. The minimum absolute atomic E-state index is 0.674. The van der Waals surface area contributed by atoms with Gasteiger partial charge in [0.05, 0.1) is 6.07 Å². The van der Waals surface area contributed by atoms with E-state index in [1.54, 1.807) is 31.2 Å². The zero-order valence-electron chi connectivity index (χ0n) is 6.91. The Labute approximate surface area is 71.6 Å². The van der Waals surface area contributed by atoms with Crippen molar-refractivity contribution in [1.29, 1.82) is 5.26 Å². The monoisotopic (exact) mass is 161 g/mol. The first-order valence-corrected chi connectivity index (χ1v) is 3.62. The lowest BCUT2D eigenvalue weighted by Gasteiger charge is -2.15. The molecule has 0 aliphatic heterocycles. The van der Waals surface area contributed by atoms with E-state index >= 15 is 0 Å². The summed E-state index contributed by atoms with van der Waals surface area (Å²) in [7, 11) is 0. The number of hydrogen-bond donors (Lipinski definition) is 2. The standard InChI is InChI=1S/C9H11N3/c1-9(12,6-10)7-2-4-8(11)5-3-7/h2-5H,11-12H2,1H3. The van der Waals surface area contributed by atoms with E-state index in [4.69, 9.17) is 16.7 Å². The van der Waals surface area contributed by atoms with E-state index in [9.17, 15) is 0 Å². The molecular weight excluding hydrogens is 150 g/mol. The first kappa shape index (κ1) is 8.57. The molecule has 62 valence electrons. The third-order valence-electron chi connectivity index (χ3n) is 1.74. The maximum absolute atomic E-state index is 8.71. The average Bonchev–Trinajstić information content (AvgIpc) is 2.05. The fraction of sp³-hybridized carbons (Fsp3) is 0.222. The van der Waals surface area contributed by atoms with Gasteiger partial charge in [0.1, 0.15) is 5.54 Å². The van der Waals surface area contributed by atoms with Crippen LogP contribution < -0.4 is 11.5 Å². The van der Waals surface area contributed by atoms with Crippen molar-refractivity contribution in [3.05, 3.63) is 29.8 Å². The summed E-state index contributed by atoms with van der Waals surface area (Å²) in [6.45, 7) is 1.67. The van der Waals surface area contributed by atoms with Gasteiger partial charge in [0.25, 0.3) is 0 Å². The predicted molar refractivity (Wildman–Crippen MR) is 48.0 cm³/mol. The quantitative estimate of drug-likeness (QED) is 0.602. The number of anilines is 1. The molecule has 0 amide bonds. The first-order valence-electron chi connectivity index (χ1n) is 3.62. The summed E-state index contributed by atoms with van der Waals surface area (Å²) in [5, 5.41) is 8.71. The number of benzene rings is 1. The fourth-order valence-electron chi connectivity index (χ4n) is 0.894. The van der Waals surface area contributed by atoms with Gasteiger partial charge in [-0.25, -0.2) is 0 Å². The molecule has 0 fully saturated rings. The van der Waals surface area contributed by atoms with E-state index in [1.165, 1.54) is 0 Å². The van der Waals surface area contributed by atoms with Crippen molar-refractivity contribution < 1.29 is 0 Å². The van der Waals surface area contributed by atoms with Crippen molar-refractivity contribution in [2.24, 2.45) is 5.73 Å². The minimum atomic E-state index is -0.923. The molecule has 0 bridgehead atoms. The van der Waals surface area contributed by atoms with E-state index in [0.717, 1.165) is 5.56 Å². The Hall–Kier alpha value is -1.53. The summed E-state index contributed by atoms with van der Waals surface area (Å²) in [4.78, 5) is 0. The topological polar surface area (TPSA) is 75.8 Å². The van der Waals surface area contributed by atoms with Gasteiger partial charge < -0.3 is 11.5 Å². The maximum Gasteiger partial charge on any atom is 0.126 e. The molecule has 1 unspecified atom stereocenters. The molecule has 3 heteroatoms. The molecule has 4 N–H and O–H groups in total. The van der Waals surface area contributed by atoms with Crippen LogP contribution in [0.3, 0.4) is 0 Å². The summed E-state index contributed by atoms with van der Waals surface area (Å²) >= 11 is 0. The Kier molecular flexibility index (Phi) is 2.03. The second-order valence-corrected chi connectivity index (χ2v) is 2.94. The predicted octanol–water partition coefficient (Wildman–Crippen LogP) is 0.966. The Balaban J connectivity index is 3.07. The van der Waals surface area contributed by atoms with Crippen molar-refractivity contribution in [1.82, 2.24) is 0 Å². The molecule has 0 saturated carbocycles. The molecule has 1 aromatic rings. The van der Waals surface area contributed by atoms with Gasteiger partial charge in [0, 0.05) is 5.69 Å². The summed E-state index contributed by atoms with van der Waals surface area (Å²) in [6.07, 6.45) is 0.